The van der Waals surface area contributed by atoms with Crippen molar-refractivity contribution < 1.29 is 9.53 Å². The van der Waals surface area contributed by atoms with Gasteiger partial charge in [0.05, 0.1) is 19.3 Å². The van der Waals surface area contributed by atoms with Gasteiger partial charge in [0, 0.05) is 30.9 Å². The highest BCUT2D eigenvalue weighted by Gasteiger charge is 2.20. The second-order valence-corrected chi connectivity index (χ2v) is 6.14. The second kappa shape index (κ2) is 6.93. The van der Waals surface area contributed by atoms with Gasteiger partial charge in [-0.2, -0.15) is 0 Å². The van der Waals surface area contributed by atoms with E-state index in [1.165, 1.54) is 22.1 Å². The molecule has 132 valence electrons. The Hall–Kier alpha value is -3.26. The largest absolute Gasteiger partial charge is 0.497 e. The smallest absolute Gasteiger partial charge is 0.238 e. The molecule has 0 aliphatic carbocycles. The van der Waals surface area contributed by atoms with E-state index in [1.807, 2.05) is 12.1 Å². The number of tetrazole rings is 1. The predicted octanol–water partition coefficient (Wildman–Crippen LogP) is 1.63. The molecule has 0 spiro atoms. The van der Waals surface area contributed by atoms with Gasteiger partial charge >= 0.3 is 0 Å². The topological polar surface area (TPSA) is 85.2 Å². The Morgan fingerprint density at radius 3 is 2.62 bits per heavy atom. The van der Waals surface area contributed by atoms with E-state index in [2.05, 4.69) is 37.9 Å². The summed E-state index contributed by atoms with van der Waals surface area (Å²) >= 11 is 0. The molecule has 1 aliphatic rings. The summed E-state index contributed by atoms with van der Waals surface area (Å²) in [6.07, 6.45) is 1.49. The van der Waals surface area contributed by atoms with E-state index in [0.29, 0.717) is 23.7 Å². The number of rotatable bonds is 5. The first-order valence-corrected chi connectivity index (χ1v) is 8.23. The zero-order valence-electron chi connectivity index (χ0n) is 14.3. The molecule has 0 atom stereocenters. The minimum absolute atomic E-state index is 0.0753. The maximum atomic E-state index is 12.5. The highest BCUT2D eigenvalue weighted by molar-refractivity contribution is 5.92. The van der Waals surface area contributed by atoms with Crippen molar-refractivity contribution >= 4 is 11.6 Å². The molecule has 0 bridgehead atoms. The van der Waals surface area contributed by atoms with Gasteiger partial charge in [0.1, 0.15) is 12.1 Å². The third-order valence-corrected chi connectivity index (χ3v) is 4.30. The lowest BCUT2D eigenvalue weighted by Crippen LogP contribution is -2.29. The van der Waals surface area contributed by atoms with E-state index in [9.17, 15) is 4.79 Å². The van der Waals surface area contributed by atoms with Crippen molar-refractivity contribution in [1.82, 2.24) is 25.1 Å². The van der Waals surface area contributed by atoms with Crippen molar-refractivity contribution in [2.24, 2.45) is 0 Å². The van der Waals surface area contributed by atoms with Gasteiger partial charge in [-0.25, -0.2) is 4.68 Å². The number of hydrogen-bond acceptors (Lipinski definition) is 6. The summed E-state index contributed by atoms with van der Waals surface area (Å²) in [5.41, 5.74) is 3.90. The highest BCUT2D eigenvalue weighted by atomic mass is 16.5. The molecule has 8 heteroatoms. The number of benzene rings is 2. The van der Waals surface area contributed by atoms with Crippen LogP contribution < -0.4 is 10.1 Å². The Morgan fingerprint density at radius 1 is 1.19 bits per heavy atom. The molecule has 0 saturated heterocycles. The minimum Gasteiger partial charge on any atom is -0.497 e. The SMILES string of the molecule is COc1cc(NC(=O)CN2Cc3ccccc3C2)cc(-n2cnnn2)c1. The van der Waals surface area contributed by atoms with Crippen molar-refractivity contribution in [2.45, 2.75) is 13.1 Å². The molecule has 2 aromatic carbocycles. The summed E-state index contributed by atoms with van der Waals surface area (Å²) in [5, 5.41) is 14.1. The number of anilines is 1. The molecule has 1 aromatic heterocycles. The fourth-order valence-electron chi connectivity index (χ4n) is 3.10. The first-order valence-electron chi connectivity index (χ1n) is 8.23. The summed E-state index contributed by atoms with van der Waals surface area (Å²) in [7, 11) is 1.58. The van der Waals surface area contributed by atoms with Crippen LogP contribution in [-0.4, -0.2) is 44.7 Å². The van der Waals surface area contributed by atoms with Crippen LogP contribution in [0.25, 0.3) is 5.69 Å². The standard InChI is InChI=1S/C18H18N6O2/c1-26-17-7-15(6-16(8-17)24-12-19-21-22-24)20-18(25)11-23-9-13-4-2-3-5-14(13)10-23/h2-8,12H,9-11H2,1H3,(H,20,25). The van der Waals surface area contributed by atoms with Crippen molar-refractivity contribution in [2.75, 3.05) is 19.0 Å². The van der Waals surface area contributed by atoms with Gasteiger partial charge in [0.2, 0.25) is 5.91 Å². The summed E-state index contributed by atoms with van der Waals surface area (Å²) in [6.45, 7) is 1.90. The van der Waals surface area contributed by atoms with Crippen LogP contribution in [0.2, 0.25) is 0 Å². The van der Waals surface area contributed by atoms with E-state index >= 15 is 0 Å². The molecule has 1 N–H and O–H groups in total. The fraction of sp³-hybridized carbons (Fsp3) is 0.222. The lowest BCUT2D eigenvalue weighted by Gasteiger charge is -2.15. The lowest BCUT2D eigenvalue weighted by atomic mass is 10.1. The maximum absolute atomic E-state index is 12.5. The van der Waals surface area contributed by atoms with E-state index in [1.54, 1.807) is 25.3 Å². The van der Waals surface area contributed by atoms with Crippen LogP contribution in [0.3, 0.4) is 0 Å². The van der Waals surface area contributed by atoms with Crippen LogP contribution in [0.1, 0.15) is 11.1 Å². The molecule has 0 fully saturated rings. The number of carbonyl (C=O) groups excluding carboxylic acids is 1. The molecule has 0 unspecified atom stereocenters. The molecule has 26 heavy (non-hydrogen) atoms. The molecule has 2 heterocycles. The van der Waals surface area contributed by atoms with Gasteiger partial charge in [-0.1, -0.05) is 24.3 Å². The van der Waals surface area contributed by atoms with Crippen LogP contribution in [-0.2, 0) is 17.9 Å². The van der Waals surface area contributed by atoms with Gasteiger partial charge in [-0.05, 0) is 27.6 Å². The van der Waals surface area contributed by atoms with Gasteiger partial charge < -0.3 is 10.1 Å². The second-order valence-electron chi connectivity index (χ2n) is 6.14. The maximum Gasteiger partial charge on any atom is 0.238 e. The van der Waals surface area contributed by atoms with Gasteiger partial charge in [-0.15, -0.1) is 5.10 Å². The first-order chi connectivity index (χ1) is 12.7. The van der Waals surface area contributed by atoms with Crippen molar-refractivity contribution in [3.63, 3.8) is 0 Å². The molecular formula is C18H18N6O2. The summed E-state index contributed by atoms with van der Waals surface area (Å²) in [6, 6.07) is 13.6. The quantitative estimate of drug-likeness (QED) is 0.753. The number of ether oxygens (including phenoxy) is 1. The van der Waals surface area contributed by atoms with Crippen LogP contribution in [0.15, 0.2) is 48.8 Å². The summed E-state index contributed by atoms with van der Waals surface area (Å²) in [5.74, 6) is 0.538. The summed E-state index contributed by atoms with van der Waals surface area (Å²) in [4.78, 5) is 14.6. The molecule has 4 rings (SSSR count). The number of methoxy groups -OCH3 is 1. The summed E-state index contributed by atoms with van der Waals surface area (Å²) < 4.78 is 6.82. The van der Waals surface area contributed by atoms with Crippen LogP contribution in [0, 0.1) is 0 Å². The van der Waals surface area contributed by atoms with E-state index in [4.69, 9.17) is 4.74 Å². The van der Waals surface area contributed by atoms with Crippen molar-refractivity contribution in [3.05, 3.63) is 59.9 Å². The molecule has 3 aromatic rings. The fourth-order valence-corrected chi connectivity index (χ4v) is 3.10. The van der Waals surface area contributed by atoms with E-state index in [0.717, 1.165) is 13.1 Å². The van der Waals surface area contributed by atoms with Gasteiger partial charge in [-0.3, -0.25) is 9.69 Å². The zero-order chi connectivity index (χ0) is 17.9. The molecule has 8 nitrogen and oxygen atoms in total. The number of fused-ring (bicyclic) bond motifs is 1. The Morgan fingerprint density at radius 2 is 1.96 bits per heavy atom. The molecule has 1 amide bonds. The molecule has 0 radical (unpaired) electrons. The van der Waals surface area contributed by atoms with Crippen LogP contribution in [0.5, 0.6) is 5.75 Å². The Kier molecular flexibility index (Phi) is 4.32. The Balaban J connectivity index is 1.45. The average Bonchev–Trinajstić information content (AvgIpc) is 3.30. The third kappa shape index (κ3) is 3.40. The van der Waals surface area contributed by atoms with Gasteiger partial charge in [0.15, 0.2) is 0 Å². The number of amides is 1. The molecular weight excluding hydrogens is 332 g/mol. The first kappa shape index (κ1) is 16.2. The number of nitrogens with one attached hydrogen (secondary N) is 1. The van der Waals surface area contributed by atoms with Crippen LogP contribution in [0.4, 0.5) is 5.69 Å². The van der Waals surface area contributed by atoms with Crippen molar-refractivity contribution in [3.8, 4) is 11.4 Å². The van der Waals surface area contributed by atoms with Crippen LogP contribution >= 0.6 is 0 Å². The van der Waals surface area contributed by atoms with E-state index in [-0.39, 0.29) is 5.91 Å². The monoisotopic (exact) mass is 350 g/mol. The number of carbonyl (C=O) groups is 1. The lowest BCUT2D eigenvalue weighted by molar-refractivity contribution is -0.117. The predicted molar refractivity (Wildman–Crippen MR) is 94.9 cm³/mol. The number of nitrogens with zero attached hydrogens (tertiary/aromatic N) is 5. The molecule has 1 aliphatic heterocycles. The molecule has 0 saturated carbocycles. The van der Waals surface area contributed by atoms with Gasteiger partial charge in [0.25, 0.3) is 0 Å². The van der Waals surface area contributed by atoms with E-state index < -0.39 is 0 Å². The number of hydrogen-bond donors (Lipinski definition) is 1. The minimum atomic E-state index is -0.0753. The van der Waals surface area contributed by atoms with Crippen molar-refractivity contribution in [1.29, 1.82) is 0 Å². The third-order valence-electron chi connectivity index (χ3n) is 4.30. The zero-order valence-corrected chi connectivity index (χ0v) is 14.3. The number of aromatic nitrogens is 4. The normalized spacial score (nSPS) is 13.4. The Bertz CT molecular complexity index is 900. The Labute approximate surface area is 150 Å². The highest BCUT2D eigenvalue weighted by Crippen LogP contribution is 2.24. The average molecular weight is 350 g/mol.